The average Bonchev–Trinajstić information content (AvgIpc) is 3.23. The van der Waals surface area contributed by atoms with E-state index >= 15 is 0 Å². The summed E-state index contributed by atoms with van der Waals surface area (Å²) in [4.78, 5) is 7.45. The van der Waals surface area contributed by atoms with Gasteiger partial charge < -0.3 is 14.2 Å². The first-order chi connectivity index (χ1) is 12.9. The number of aromatic amines is 1. The van der Waals surface area contributed by atoms with Gasteiger partial charge in [0.1, 0.15) is 10.6 Å². The fourth-order valence-electron chi connectivity index (χ4n) is 2.94. The number of ether oxygens (including phenoxy) is 1. The first-order valence-corrected chi connectivity index (χ1v) is 9.99. The van der Waals surface area contributed by atoms with E-state index in [9.17, 15) is 8.42 Å². The molecule has 2 N–H and O–H groups in total. The molecule has 9 heteroatoms. The highest BCUT2D eigenvalue weighted by molar-refractivity contribution is 7.89. The molecule has 0 amide bonds. The van der Waals surface area contributed by atoms with Gasteiger partial charge in [0.05, 0.1) is 12.7 Å². The average molecular weight is 390 g/mol. The molecule has 0 spiro atoms. The fourth-order valence-corrected chi connectivity index (χ4v) is 4.40. The molecule has 0 radical (unpaired) electrons. The quantitative estimate of drug-likeness (QED) is 0.642. The van der Waals surface area contributed by atoms with Gasteiger partial charge in [0, 0.05) is 29.9 Å². The highest BCUT2D eigenvalue weighted by atomic mass is 32.2. The Labute approximate surface area is 158 Å². The summed E-state index contributed by atoms with van der Waals surface area (Å²) in [5.74, 6) is 1.33. The minimum absolute atomic E-state index is 0.0967. The Kier molecular flexibility index (Phi) is 5.33. The second kappa shape index (κ2) is 7.53. The topological polar surface area (TPSA) is 110 Å². The zero-order valence-electron chi connectivity index (χ0n) is 15.7. The summed E-state index contributed by atoms with van der Waals surface area (Å²) in [7, 11) is -2.29. The van der Waals surface area contributed by atoms with Gasteiger partial charge in [0.15, 0.2) is 5.82 Å². The Hall–Kier alpha value is -2.65. The molecular formula is C18H22N4O4S. The van der Waals surface area contributed by atoms with Crippen LogP contribution in [0.1, 0.15) is 29.7 Å². The molecule has 0 aliphatic carbocycles. The molecule has 0 aliphatic rings. The van der Waals surface area contributed by atoms with E-state index in [1.165, 1.54) is 0 Å². The van der Waals surface area contributed by atoms with Gasteiger partial charge in [-0.15, -0.1) is 0 Å². The van der Waals surface area contributed by atoms with Crippen LogP contribution in [-0.2, 0) is 23.0 Å². The van der Waals surface area contributed by atoms with E-state index in [1.807, 2.05) is 25.1 Å². The third kappa shape index (κ3) is 3.74. The van der Waals surface area contributed by atoms with Gasteiger partial charge in [0.2, 0.25) is 10.0 Å². The molecule has 0 atom stereocenters. The van der Waals surface area contributed by atoms with E-state index in [4.69, 9.17) is 9.26 Å². The summed E-state index contributed by atoms with van der Waals surface area (Å²) < 4.78 is 39.3. The molecule has 0 saturated carbocycles. The monoisotopic (exact) mass is 390 g/mol. The zero-order chi connectivity index (χ0) is 19.6. The summed E-state index contributed by atoms with van der Waals surface area (Å²) in [6.07, 6.45) is 0.597. The Morgan fingerprint density at radius 1 is 1.22 bits per heavy atom. The van der Waals surface area contributed by atoms with Crippen LogP contribution in [-0.4, -0.2) is 30.7 Å². The van der Waals surface area contributed by atoms with E-state index in [-0.39, 0.29) is 17.3 Å². The summed E-state index contributed by atoms with van der Waals surface area (Å²) in [5.41, 5.74) is 2.29. The maximum Gasteiger partial charge on any atom is 0.261 e. The lowest BCUT2D eigenvalue weighted by molar-refractivity contribution is 0.409. The number of benzene rings is 1. The predicted molar refractivity (Wildman–Crippen MR) is 100.0 cm³/mol. The summed E-state index contributed by atoms with van der Waals surface area (Å²) in [6.45, 7) is 5.47. The molecule has 27 heavy (non-hydrogen) atoms. The normalized spacial score (nSPS) is 11.7. The van der Waals surface area contributed by atoms with Gasteiger partial charge in [0.25, 0.3) is 5.89 Å². The number of nitrogens with zero attached hydrogens (tertiary/aromatic N) is 2. The Morgan fingerprint density at radius 3 is 2.63 bits per heavy atom. The van der Waals surface area contributed by atoms with Gasteiger partial charge in [-0.25, -0.2) is 13.1 Å². The van der Waals surface area contributed by atoms with Crippen molar-refractivity contribution in [1.29, 1.82) is 0 Å². The van der Waals surface area contributed by atoms with Gasteiger partial charge in [-0.1, -0.05) is 30.3 Å². The second-order valence-corrected chi connectivity index (χ2v) is 7.79. The van der Waals surface area contributed by atoms with Crippen molar-refractivity contribution < 1.29 is 17.7 Å². The molecular weight excluding hydrogens is 368 g/mol. The van der Waals surface area contributed by atoms with Crippen LogP contribution in [0, 0.1) is 13.8 Å². The summed E-state index contributed by atoms with van der Waals surface area (Å²) >= 11 is 0. The first-order valence-electron chi connectivity index (χ1n) is 8.51. The number of rotatable bonds is 7. The van der Waals surface area contributed by atoms with Crippen LogP contribution in [0.25, 0.3) is 11.5 Å². The van der Waals surface area contributed by atoms with E-state index in [0.717, 1.165) is 5.56 Å². The number of hydrogen-bond donors (Lipinski definition) is 2. The first kappa shape index (κ1) is 19.1. The van der Waals surface area contributed by atoms with Gasteiger partial charge in [-0.2, -0.15) is 4.98 Å². The number of H-pyrrole nitrogens is 1. The molecule has 3 aromatic rings. The van der Waals surface area contributed by atoms with E-state index < -0.39 is 10.0 Å². The number of aryl methyl sites for hydroxylation is 3. The van der Waals surface area contributed by atoms with Crippen LogP contribution in [0.3, 0.4) is 0 Å². The van der Waals surface area contributed by atoms with Crippen molar-refractivity contribution in [3.05, 3.63) is 47.0 Å². The van der Waals surface area contributed by atoms with Crippen molar-refractivity contribution in [2.45, 2.75) is 38.6 Å². The summed E-state index contributed by atoms with van der Waals surface area (Å²) in [6, 6.07) is 7.25. The van der Waals surface area contributed by atoms with Crippen LogP contribution < -0.4 is 9.46 Å². The van der Waals surface area contributed by atoms with Gasteiger partial charge in [-0.3, -0.25) is 0 Å². The molecule has 0 fully saturated rings. The van der Waals surface area contributed by atoms with E-state index in [2.05, 4.69) is 19.8 Å². The third-order valence-electron chi connectivity index (χ3n) is 4.23. The van der Waals surface area contributed by atoms with Crippen molar-refractivity contribution in [3.63, 3.8) is 0 Å². The lowest BCUT2D eigenvalue weighted by Crippen LogP contribution is -2.24. The lowest BCUT2D eigenvalue weighted by Gasteiger charge is -2.11. The van der Waals surface area contributed by atoms with Crippen LogP contribution in [0.15, 0.2) is 33.7 Å². The highest BCUT2D eigenvalue weighted by Crippen LogP contribution is 2.32. The van der Waals surface area contributed by atoms with Crippen molar-refractivity contribution in [2.75, 3.05) is 7.11 Å². The zero-order valence-corrected chi connectivity index (χ0v) is 16.5. The van der Waals surface area contributed by atoms with Crippen LogP contribution in [0.2, 0.25) is 0 Å². The minimum Gasteiger partial charge on any atom is -0.496 e. The Bertz CT molecular complexity index is 1050. The molecule has 0 unspecified atom stereocenters. The highest BCUT2D eigenvalue weighted by Gasteiger charge is 2.29. The molecule has 0 saturated heterocycles. The molecule has 2 heterocycles. The third-order valence-corrected chi connectivity index (χ3v) is 5.80. The number of nitrogens with one attached hydrogen (secondary N) is 2. The van der Waals surface area contributed by atoms with Crippen molar-refractivity contribution in [2.24, 2.45) is 0 Å². The van der Waals surface area contributed by atoms with Crippen LogP contribution in [0.4, 0.5) is 0 Å². The van der Waals surface area contributed by atoms with E-state index in [0.29, 0.717) is 34.9 Å². The molecule has 0 aliphatic heterocycles. The number of aromatic nitrogens is 3. The lowest BCUT2D eigenvalue weighted by atomic mass is 10.2. The molecule has 2 aromatic heterocycles. The number of hydrogen-bond acceptors (Lipinski definition) is 6. The van der Waals surface area contributed by atoms with Crippen molar-refractivity contribution >= 4 is 10.0 Å². The Balaban J connectivity index is 1.97. The molecule has 144 valence electrons. The molecule has 0 bridgehead atoms. The largest absolute Gasteiger partial charge is 0.496 e. The minimum atomic E-state index is -3.83. The van der Waals surface area contributed by atoms with Gasteiger partial charge in [-0.05, 0) is 19.9 Å². The number of para-hydroxylation sites is 1. The molecule has 1 aromatic carbocycles. The van der Waals surface area contributed by atoms with Crippen molar-refractivity contribution in [3.8, 4) is 17.2 Å². The smallest absolute Gasteiger partial charge is 0.261 e. The number of sulfonamides is 1. The summed E-state index contributed by atoms with van der Waals surface area (Å²) in [5, 5.41) is 3.87. The standard InChI is InChI=1S/C18H22N4O4S/c1-5-15-21-18(26-22-15)16-11(2)20-12(3)17(16)27(23,24)19-10-13-8-6-7-9-14(13)25-4/h6-9,19-20H,5,10H2,1-4H3. The second-order valence-electron chi connectivity index (χ2n) is 6.08. The predicted octanol–water partition coefficient (Wildman–Crippen LogP) is 2.73. The molecule has 3 rings (SSSR count). The fraction of sp³-hybridized carbons (Fsp3) is 0.333. The van der Waals surface area contributed by atoms with Gasteiger partial charge >= 0.3 is 0 Å². The number of methoxy groups -OCH3 is 1. The maximum atomic E-state index is 13.0. The Morgan fingerprint density at radius 2 is 1.96 bits per heavy atom. The molecule has 8 nitrogen and oxygen atoms in total. The maximum absolute atomic E-state index is 13.0. The van der Waals surface area contributed by atoms with Crippen molar-refractivity contribution in [1.82, 2.24) is 19.8 Å². The SMILES string of the molecule is CCc1noc(-c2c(C)[nH]c(C)c2S(=O)(=O)NCc2ccccc2OC)n1. The van der Waals surface area contributed by atoms with Crippen LogP contribution in [0.5, 0.6) is 5.75 Å². The van der Waals surface area contributed by atoms with E-state index in [1.54, 1.807) is 27.0 Å². The van der Waals surface area contributed by atoms with Crippen LogP contribution >= 0.6 is 0 Å².